The van der Waals surface area contributed by atoms with E-state index in [9.17, 15) is 0 Å². The fourth-order valence-electron chi connectivity index (χ4n) is 1.57. The molecular formula is C12H9N5S. The van der Waals surface area contributed by atoms with Crippen LogP contribution in [0, 0.1) is 0 Å². The predicted molar refractivity (Wildman–Crippen MR) is 70.1 cm³/mol. The van der Waals surface area contributed by atoms with Crippen molar-refractivity contribution in [2.75, 3.05) is 5.73 Å². The highest BCUT2D eigenvalue weighted by atomic mass is 32.2. The standard InChI is InChI=1S/C12H9N5S/c13-8-1-2-10-9(5-8)12(17-7-16-10)18-11-6-14-3-4-15-11/h1-7H,13H2. The summed E-state index contributed by atoms with van der Waals surface area (Å²) in [5.41, 5.74) is 7.35. The van der Waals surface area contributed by atoms with Crippen LogP contribution in [0.2, 0.25) is 0 Å². The summed E-state index contributed by atoms with van der Waals surface area (Å²) < 4.78 is 0. The van der Waals surface area contributed by atoms with Gasteiger partial charge in [0, 0.05) is 23.5 Å². The maximum atomic E-state index is 5.79. The van der Waals surface area contributed by atoms with E-state index in [0.717, 1.165) is 21.0 Å². The lowest BCUT2D eigenvalue weighted by molar-refractivity contribution is 1.04. The highest BCUT2D eigenvalue weighted by Crippen LogP contribution is 2.29. The molecule has 0 saturated carbocycles. The summed E-state index contributed by atoms with van der Waals surface area (Å²) in [6, 6.07) is 5.58. The second kappa shape index (κ2) is 4.58. The number of rotatable bonds is 2. The van der Waals surface area contributed by atoms with Gasteiger partial charge in [0.2, 0.25) is 0 Å². The summed E-state index contributed by atoms with van der Waals surface area (Å²) in [5, 5.41) is 2.54. The molecule has 1 aromatic carbocycles. The van der Waals surface area contributed by atoms with Crippen LogP contribution in [0.4, 0.5) is 5.69 Å². The maximum absolute atomic E-state index is 5.79. The fourth-order valence-corrected chi connectivity index (χ4v) is 2.37. The number of aromatic nitrogens is 4. The molecule has 0 unspecified atom stereocenters. The van der Waals surface area contributed by atoms with Crippen molar-refractivity contribution in [2.24, 2.45) is 0 Å². The van der Waals surface area contributed by atoms with E-state index in [0.29, 0.717) is 5.69 Å². The van der Waals surface area contributed by atoms with Gasteiger partial charge >= 0.3 is 0 Å². The van der Waals surface area contributed by atoms with Crippen LogP contribution in [0.25, 0.3) is 10.9 Å². The van der Waals surface area contributed by atoms with Crippen LogP contribution in [0.3, 0.4) is 0 Å². The van der Waals surface area contributed by atoms with Gasteiger partial charge in [0.1, 0.15) is 16.4 Å². The normalized spacial score (nSPS) is 10.7. The van der Waals surface area contributed by atoms with E-state index in [1.54, 1.807) is 18.6 Å². The van der Waals surface area contributed by atoms with Crippen LogP contribution in [-0.2, 0) is 0 Å². The molecule has 2 heterocycles. The molecule has 3 rings (SSSR count). The Morgan fingerprint density at radius 3 is 2.83 bits per heavy atom. The fraction of sp³-hybridized carbons (Fsp3) is 0. The number of anilines is 1. The van der Waals surface area contributed by atoms with Crippen molar-refractivity contribution in [1.82, 2.24) is 19.9 Å². The number of nitrogen functional groups attached to an aromatic ring is 1. The number of fused-ring (bicyclic) bond motifs is 1. The SMILES string of the molecule is Nc1ccc2ncnc(Sc3cnccn3)c2c1. The monoisotopic (exact) mass is 255 g/mol. The van der Waals surface area contributed by atoms with Crippen LogP contribution in [0.15, 0.2) is 53.2 Å². The first-order chi connectivity index (χ1) is 8.83. The molecule has 5 nitrogen and oxygen atoms in total. The van der Waals surface area contributed by atoms with Gasteiger partial charge in [0.25, 0.3) is 0 Å². The van der Waals surface area contributed by atoms with Crippen LogP contribution < -0.4 is 5.73 Å². The minimum Gasteiger partial charge on any atom is -0.399 e. The molecule has 0 aliphatic carbocycles. The Hall–Kier alpha value is -2.21. The summed E-state index contributed by atoms with van der Waals surface area (Å²) in [5.74, 6) is 0. The van der Waals surface area contributed by atoms with E-state index in [4.69, 9.17) is 5.73 Å². The summed E-state index contributed by atoms with van der Waals surface area (Å²) in [4.78, 5) is 16.7. The van der Waals surface area contributed by atoms with Crippen LogP contribution in [-0.4, -0.2) is 19.9 Å². The second-order valence-corrected chi connectivity index (χ2v) is 4.61. The van der Waals surface area contributed by atoms with Crippen molar-refractivity contribution in [1.29, 1.82) is 0 Å². The Bertz CT molecular complexity index is 686. The molecule has 0 bridgehead atoms. The summed E-state index contributed by atoms with van der Waals surface area (Å²) in [7, 11) is 0. The summed E-state index contributed by atoms with van der Waals surface area (Å²) >= 11 is 1.45. The van der Waals surface area contributed by atoms with Crippen molar-refractivity contribution in [2.45, 2.75) is 10.1 Å². The average molecular weight is 255 g/mol. The van der Waals surface area contributed by atoms with Crippen molar-refractivity contribution in [3.8, 4) is 0 Å². The van der Waals surface area contributed by atoms with Crippen LogP contribution >= 0.6 is 11.8 Å². The third kappa shape index (κ3) is 2.10. The molecule has 3 aromatic rings. The largest absolute Gasteiger partial charge is 0.399 e. The molecule has 0 aliphatic rings. The predicted octanol–water partition coefficient (Wildman–Crippen LogP) is 2.15. The molecule has 2 N–H and O–H groups in total. The number of nitrogens with zero attached hydrogens (tertiary/aromatic N) is 4. The van der Waals surface area contributed by atoms with Gasteiger partial charge in [-0.2, -0.15) is 0 Å². The minimum atomic E-state index is 0.693. The number of hydrogen-bond acceptors (Lipinski definition) is 6. The van der Waals surface area contributed by atoms with Gasteiger partial charge in [0.15, 0.2) is 0 Å². The molecule has 2 aromatic heterocycles. The second-order valence-electron chi connectivity index (χ2n) is 3.60. The van der Waals surface area contributed by atoms with Gasteiger partial charge in [-0.05, 0) is 30.0 Å². The van der Waals surface area contributed by atoms with E-state index in [1.165, 1.54) is 18.1 Å². The van der Waals surface area contributed by atoms with E-state index >= 15 is 0 Å². The first-order valence-corrected chi connectivity index (χ1v) is 6.09. The molecule has 0 aliphatic heterocycles. The molecule has 6 heteroatoms. The molecule has 0 fully saturated rings. The van der Waals surface area contributed by atoms with E-state index in [-0.39, 0.29) is 0 Å². The quantitative estimate of drug-likeness (QED) is 0.558. The third-order valence-corrected chi connectivity index (χ3v) is 3.30. The van der Waals surface area contributed by atoms with Gasteiger partial charge < -0.3 is 5.73 Å². The zero-order chi connectivity index (χ0) is 12.4. The maximum Gasteiger partial charge on any atom is 0.121 e. The van der Waals surface area contributed by atoms with Crippen LogP contribution in [0.1, 0.15) is 0 Å². The van der Waals surface area contributed by atoms with Gasteiger partial charge in [-0.3, -0.25) is 4.98 Å². The van der Waals surface area contributed by atoms with Gasteiger partial charge in [-0.25, -0.2) is 15.0 Å². The van der Waals surface area contributed by atoms with E-state index in [1.807, 2.05) is 18.2 Å². The zero-order valence-electron chi connectivity index (χ0n) is 9.32. The zero-order valence-corrected chi connectivity index (χ0v) is 10.1. The van der Waals surface area contributed by atoms with Gasteiger partial charge in [0.05, 0.1) is 11.7 Å². The topological polar surface area (TPSA) is 77.6 Å². The minimum absolute atomic E-state index is 0.693. The van der Waals surface area contributed by atoms with E-state index in [2.05, 4.69) is 19.9 Å². The molecule has 0 saturated heterocycles. The van der Waals surface area contributed by atoms with E-state index < -0.39 is 0 Å². The summed E-state index contributed by atoms with van der Waals surface area (Å²) in [6.45, 7) is 0. The lowest BCUT2D eigenvalue weighted by Gasteiger charge is -2.04. The third-order valence-electron chi connectivity index (χ3n) is 2.36. The molecule has 0 radical (unpaired) electrons. The Labute approximate surface area is 108 Å². The van der Waals surface area contributed by atoms with Crippen LogP contribution in [0.5, 0.6) is 0 Å². The molecule has 0 amide bonds. The average Bonchev–Trinajstić information content (AvgIpc) is 2.41. The molecule has 0 spiro atoms. The Morgan fingerprint density at radius 2 is 2.00 bits per heavy atom. The number of benzene rings is 1. The molecule has 18 heavy (non-hydrogen) atoms. The van der Waals surface area contributed by atoms with Crippen molar-refractivity contribution < 1.29 is 0 Å². The molecular weight excluding hydrogens is 246 g/mol. The smallest absolute Gasteiger partial charge is 0.121 e. The highest BCUT2D eigenvalue weighted by Gasteiger charge is 2.06. The Morgan fingerprint density at radius 1 is 1.06 bits per heavy atom. The van der Waals surface area contributed by atoms with Gasteiger partial charge in [-0.1, -0.05) is 0 Å². The molecule has 88 valence electrons. The number of hydrogen-bond donors (Lipinski definition) is 1. The summed E-state index contributed by atoms with van der Waals surface area (Å²) in [6.07, 6.45) is 6.53. The number of nitrogens with two attached hydrogens (primary N) is 1. The lowest BCUT2D eigenvalue weighted by atomic mass is 10.2. The lowest BCUT2D eigenvalue weighted by Crippen LogP contribution is -1.90. The Kier molecular flexibility index (Phi) is 2.77. The van der Waals surface area contributed by atoms with Crippen molar-refractivity contribution in [3.05, 3.63) is 43.1 Å². The highest BCUT2D eigenvalue weighted by molar-refractivity contribution is 7.99. The first-order valence-electron chi connectivity index (χ1n) is 5.27. The Balaban J connectivity index is 2.09. The molecule has 0 atom stereocenters. The van der Waals surface area contributed by atoms with Gasteiger partial charge in [-0.15, -0.1) is 0 Å². The first kappa shape index (κ1) is 10.9. The van der Waals surface area contributed by atoms with Crippen molar-refractivity contribution in [3.63, 3.8) is 0 Å². The van der Waals surface area contributed by atoms with Crippen molar-refractivity contribution >= 4 is 28.4 Å².